The molecule has 2 fully saturated rings. The van der Waals surface area contributed by atoms with Crippen molar-refractivity contribution in [1.29, 1.82) is 0 Å². The maximum Gasteiger partial charge on any atom is 0.148 e. The molecule has 2 saturated heterocycles. The number of rotatable bonds is 2. The molecule has 1 aromatic carbocycles. The van der Waals surface area contributed by atoms with Crippen molar-refractivity contribution in [3.8, 4) is 0 Å². The van der Waals surface area contributed by atoms with E-state index >= 15 is 0 Å². The summed E-state index contributed by atoms with van der Waals surface area (Å²) in [5.74, 6) is 0.318. The Morgan fingerprint density at radius 2 is 2.21 bits per heavy atom. The average Bonchev–Trinajstić information content (AvgIpc) is 3.15. The van der Waals surface area contributed by atoms with Crippen LogP contribution in [-0.2, 0) is 10.2 Å². The van der Waals surface area contributed by atoms with E-state index in [1.54, 1.807) is 0 Å². The minimum atomic E-state index is 0.0403. The molecule has 5 rings (SSSR count). The molecule has 0 unspecified atom stereocenters. The first kappa shape index (κ1) is 14.5. The number of carbonyl (C=O) groups excluding carboxylic acids is 1. The summed E-state index contributed by atoms with van der Waals surface area (Å²) in [6.45, 7) is 8.01. The zero-order valence-corrected chi connectivity index (χ0v) is 14.5. The van der Waals surface area contributed by atoms with E-state index in [4.69, 9.17) is 0 Å². The smallest absolute Gasteiger partial charge is 0.148 e. The molecule has 3 nitrogen and oxygen atoms in total. The van der Waals surface area contributed by atoms with Gasteiger partial charge < -0.3 is 9.80 Å². The topological polar surface area (TPSA) is 29.1 Å². The van der Waals surface area contributed by atoms with E-state index in [1.165, 1.54) is 40.1 Å². The molecule has 4 aliphatic rings. The Balaban J connectivity index is 1.84. The molecule has 3 aliphatic heterocycles. The van der Waals surface area contributed by atoms with E-state index in [0.29, 0.717) is 12.0 Å². The molecule has 0 radical (unpaired) electrons. The Morgan fingerprint density at radius 3 is 2.96 bits per heavy atom. The number of hydrogen-bond acceptors (Lipinski definition) is 2. The van der Waals surface area contributed by atoms with Crippen LogP contribution in [0.1, 0.15) is 32.3 Å². The number of aldehydes is 1. The number of quaternary nitrogens is 1. The van der Waals surface area contributed by atoms with E-state index in [1.807, 2.05) is 0 Å². The maximum atomic E-state index is 12.1. The van der Waals surface area contributed by atoms with Gasteiger partial charge in [0.15, 0.2) is 0 Å². The number of anilines is 1. The number of nitrogens with one attached hydrogen (secondary N) is 1. The lowest BCUT2D eigenvalue weighted by molar-refractivity contribution is -0.940. The zero-order chi connectivity index (χ0) is 16.5. The molecule has 0 aromatic heterocycles. The summed E-state index contributed by atoms with van der Waals surface area (Å²) >= 11 is 0. The molecule has 124 valence electrons. The molecule has 24 heavy (non-hydrogen) atoms. The van der Waals surface area contributed by atoms with Gasteiger partial charge in [0.05, 0.1) is 18.5 Å². The highest BCUT2D eigenvalue weighted by Gasteiger charge is 2.67. The summed E-state index contributed by atoms with van der Waals surface area (Å²) in [7, 11) is 0. The molecule has 1 N–H and O–H groups in total. The lowest BCUT2D eigenvalue weighted by Gasteiger charge is -2.53. The van der Waals surface area contributed by atoms with Crippen LogP contribution in [0.15, 0.2) is 47.2 Å². The summed E-state index contributed by atoms with van der Waals surface area (Å²) in [5, 5.41) is 3.68. The van der Waals surface area contributed by atoms with Crippen LogP contribution in [0, 0.1) is 5.92 Å². The van der Waals surface area contributed by atoms with Crippen molar-refractivity contribution in [3.63, 3.8) is 0 Å². The highest BCUT2D eigenvalue weighted by Crippen LogP contribution is 2.63. The van der Waals surface area contributed by atoms with Crippen LogP contribution in [0.3, 0.4) is 0 Å². The lowest BCUT2D eigenvalue weighted by Crippen LogP contribution is -2.63. The second kappa shape index (κ2) is 4.60. The zero-order valence-electron chi connectivity index (χ0n) is 14.5. The van der Waals surface area contributed by atoms with Crippen molar-refractivity contribution in [2.45, 2.75) is 38.1 Å². The quantitative estimate of drug-likeness (QED) is 0.514. The van der Waals surface area contributed by atoms with Gasteiger partial charge in [-0.15, -0.1) is 0 Å². The number of carbonyl (C=O) groups is 1. The Morgan fingerprint density at radius 1 is 1.38 bits per heavy atom. The molecular formula is C21H25N2O+. The highest BCUT2D eigenvalue weighted by molar-refractivity contribution is 5.84. The third kappa shape index (κ3) is 1.42. The third-order valence-electron chi connectivity index (χ3n) is 7.49. The predicted molar refractivity (Wildman–Crippen MR) is 95.6 cm³/mol. The van der Waals surface area contributed by atoms with Crippen molar-refractivity contribution in [1.82, 2.24) is 0 Å². The van der Waals surface area contributed by atoms with Crippen LogP contribution in [0.25, 0.3) is 0 Å². The minimum absolute atomic E-state index is 0.0403. The molecule has 3 heteroatoms. The Bertz CT molecular complexity index is 808. The van der Waals surface area contributed by atoms with Crippen molar-refractivity contribution in [3.05, 3.63) is 52.7 Å². The van der Waals surface area contributed by atoms with Gasteiger partial charge in [-0.25, -0.2) is 0 Å². The number of allylic oxidation sites excluding steroid dienone is 2. The Labute approximate surface area is 143 Å². The fourth-order valence-corrected chi connectivity index (χ4v) is 6.37. The molecule has 0 amide bonds. The lowest BCUT2D eigenvalue weighted by atomic mass is 9.61. The van der Waals surface area contributed by atoms with Gasteiger partial charge >= 0.3 is 0 Å². The van der Waals surface area contributed by atoms with E-state index in [9.17, 15) is 4.79 Å². The second-order valence-electron chi connectivity index (χ2n) is 7.92. The number of nitrogens with zero attached hydrogens (tertiary/aromatic N) is 1. The van der Waals surface area contributed by atoms with Crippen LogP contribution in [0.5, 0.6) is 0 Å². The third-order valence-corrected chi connectivity index (χ3v) is 7.49. The van der Waals surface area contributed by atoms with Crippen molar-refractivity contribution in [2.75, 3.05) is 25.0 Å². The van der Waals surface area contributed by atoms with Crippen LogP contribution in [-0.4, -0.2) is 36.4 Å². The first-order valence-electron chi connectivity index (χ1n) is 9.27. The van der Waals surface area contributed by atoms with Gasteiger partial charge in [0.25, 0.3) is 0 Å². The second-order valence-corrected chi connectivity index (χ2v) is 7.92. The molecule has 0 saturated carbocycles. The van der Waals surface area contributed by atoms with Gasteiger partial charge in [-0.3, -0.25) is 4.79 Å². The predicted octanol–water partition coefficient (Wildman–Crippen LogP) is 3.39. The fourth-order valence-electron chi connectivity index (χ4n) is 6.37. The molecule has 1 aromatic rings. The van der Waals surface area contributed by atoms with Gasteiger partial charge in [-0.05, 0) is 31.1 Å². The summed E-state index contributed by atoms with van der Waals surface area (Å²) in [5.41, 5.74) is 6.41. The monoisotopic (exact) mass is 321 g/mol. The maximum absolute atomic E-state index is 12.1. The van der Waals surface area contributed by atoms with Crippen molar-refractivity contribution >= 4 is 12.0 Å². The van der Waals surface area contributed by atoms with Gasteiger partial charge in [0.2, 0.25) is 0 Å². The van der Waals surface area contributed by atoms with Gasteiger partial charge in [0, 0.05) is 35.7 Å². The van der Waals surface area contributed by atoms with Gasteiger partial charge in [-0.1, -0.05) is 24.3 Å². The Hall–Kier alpha value is -1.87. The normalized spacial score (nSPS) is 40.3. The molecular weight excluding hydrogens is 296 g/mol. The highest BCUT2D eigenvalue weighted by atomic mass is 16.1. The van der Waals surface area contributed by atoms with Crippen LogP contribution >= 0.6 is 0 Å². The summed E-state index contributed by atoms with van der Waals surface area (Å²) in [4.78, 5) is 12.1. The first-order valence-corrected chi connectivity index (χ1v) is 9.27. The molecule has 2 bridgehead atoms. The average molecular weight is 321 g/mol. The van der Waals surface area contributed by atoms with E-state index in [2.05, 4.69) is 49.5 Å². The molecule has 3 heterocycles. The number of fused-ring (bicyclic) bond motifs is 2. The SMILES string of the molecule is C/C=C1\C[N@+]2(CC)CC[C@@]34C(=C(C=O)[C@H]1C[C@@H]32)Nc1ccccc14. The first-order chi connectivity index (χ1) is 11.7. The standard InChI is InChI=1S/C21H24N2O/c1-3-14-12-23(4-2)10-9-21-17-7-5-6-8-18(17)22-20(21)16(13-24)15(14)11-19(21)23/h3,5-8,13,15,19H,4,9-12H2,1-2H3/p+1/b14-3+/t15-,19-,21-,23-/m0/s1. The summed E-state index contributed by atoms with van der Waals surface area (Å²) < 4.78 is 1.20. The molecule has 1 aliphatic carbocycles. The minimum Gasteiger partial charge on any atom is -0.357 e. The number of para-hydroxylation sites is 1. The molecule has 4 atom stereocenters. The summed E-state index contributed by atoms with van der Waals surface area (Å²) in [6.07, 6.45) is 5.70. The number of hydrogen-bond donors (Lipinski definition) is 1. The number of piperidine rings is 1. The van der Waals surface area contributed by atoms with E-state index in [0.717, 1.165) is 31.2 Å². The van der Waals surface area contributed by atoms with Gasteiger partial charge in [0.1, 0.15) is 18.9 Å². The van der Waals surface area contributed by atoms with Crippen molar-refractivity contribution in [2.24, 2.45) is 5.92 Å². The number of benzene rings is 1. The largest absolute Gasteiger partial charge is 0.357 e. The van der Waals surface area contributed by atoms with Crippen LogP contribution < -0.4 is 5.32 Å². The van der Waals surface area contributed by atoms with Crippen LogP contribution in [0.2, 0.25) is 0 Å². The van der Waals surface area contributed by atoms with Gasteiger partial charge in [-0.2, -0.15) is 0 Å². The summed E-state index contributed by atoms with van der Waals surface area (Å²) in [6, 6.07) is 9.33. The number of likely N-dealkylation sites (N-methyl/N-ethyl adjacent to an activating group) is 1. The molecule has 1 spiro atoms. The Kier molecular flexibility index (Phi) is 2.78. The van der Waals surface area contributed by atoms with E-state index in [-0.39, 0.29) is 5.41 Å². The fraction of sp³-hybridized carbons (Fsp3) is 0.476. The van der Waals surface area contributed by atoms with Crippen molar-refractivity contribution < 1.29 is 9.28 Å². The van der Waals surface area contributed by atoms with Crippen LogP contribution in [0.4, 0.5) is 5.69 Å². The van der Waals surface area contributed by atoms with E-state index < -0.39 is 0 Å².